The molecule has 1 heterocycles. The molecular weight excluding hydrogens is 243 g/mol. The van der Waals surface area contributed by atoms with Crippen LogP contribution in [-0.2, 0) is 0 Å². The van der Waals surface area contributed by atoms with Crippen LogP contribution in [-0.4, -0.2) is 29.9 Å². The first-order valence-corrected chi connectivity index (χ1v) is 5.48. The molecule has 1 aliphatic heterocycles. The van der Waals surface area contributed by atoms with Gasteiger partial charge in [0.2, 0.25) is 0 Å². The van der Waals surface area contributed by atoms with Crippen molar-refractivity contribution in [1.82, 2.24) is 4.90 Å². The van der Waals surface area contributed by atoms with E-state index in [1.165, 1.54) is 12.1 Å². The van der Waals surface area contributed by atoms with Gasteiger partial charge in [-0.1, -0.05) is 12.1 Å². The van der Waals surface area contributed by atoms with E-state index in [0.29, 0.717) is 13.1 Å². The van der Waals surface area contributed by atoms with Crippen molar-refractivity contribution in [2.45, 2.75) is 18.9 Å². The Morgan fingerprint density at radius 2 is 2.12 bits per heavy atom. The van der Waals surface area contributed by atoms with Gasteiger partial charge in [-0.05, 0) is 25.0 Å². The van der Waals surface area contributed by atoms with Crippen LogP contribution in [0.25, 0.3) is 0 Å². The highest BCUT2D eigenvalue weighted by Gasteiger charge is 2.23. The molecule has 0 spiro atoms. The lowest BCUT2D eigenvalue weighted by atomic mass is 10.1. The number of nitrogens with zero attached hydrogens (tertiary/aromatic N) is 1. The zero-order valence-corrected chi connectivity index (χ0v) is 10.3. The summed E-state index contributed by atoms with van der Waals surface area (Å²) in [4.78, 5) is 13.6. The van der Waals surface area contributed by atoms with Crippen molar-refractivity contribution in [2.75, 3.05) is 13.1 Å². The Bertz CT molecular complexity index is 400. The average Bonchev–Trinajstić information content (AvgIpc) is 2.29. The third kappa shape index (κ3) is 3.17. The molecule has 1 amide bonds. The fourth-order valence-corrected chi connectivity index (χ4v) is 2.00. The van der Waals surface area contributed by atoms with Crippen LogP contribution < -0.4 is 5.73 Å². The predicted octanol–water partition coefficient (Wildman–Crippen LogP) is 1.81. The van der Waals surface area contributed by atoms with Gasteiger partial charge in [-0.15, -0.1) is 12.4 Å². The molecule has 0 aliphatic carbocycles. The lowest BCUT2D eigenvalue weighted by molar-refractivity contribution is 0.0704. The van der Waals surface area contributed by atoms with Gasteiger partial charge in [0.05, 0.1) is 5.56 Å². The fourth-order valence-electron chi connectivity index (χ4n) is 2.00. The van der Waals surface area contributed by atoms with Gasteiger partial charge in [-0.25, -0.2) is 4.39 Å². The smallest absolute Gasteiger partial charge is 0.256 e. The van der Waals surface area contributed by atoms with E-state index < -0.39 is 5.82 Å². The summed E-state index contributed by atoms with van der Waals surface area (Å²) in [6.45, 7) is 1.19. The average molecular weight is 259 g/mol. The molecule has 94 valence electrons. The number of hydrogen-bond donors (Lipinski definition) is 1. The summed E-state index contributed by atoms with van der Waals surface area (Å²) in [6.07, 6.45) is 1.82. The minimum absolute atomic E-state index is 0. The Hall–Kier alpha value is -1.13. The van der Waals surface area contributed by atoms with Gasteiger partial charge in [0.1, 0.15) is 5.82 Å². The van der Waals surface area contributed by atoms with Gasteiger partial charge in [0.25, 0.3) is 5.91 Å². The highest BCUT2D eigenvalue weighted by molar-refractivity contribution is 5.94. The van der Waals surface area contributed by atoms with Gasteiger partial charge in [0, 0.05) is 19.1 Å². The van der Waals surface area contributed by atoms with Gasteiger partial charge in [0.15, 0.2) is 0 Å². The maximum atomic E-state index is 13.4. The van der Waals surface area contributed by atoms with Crippen LogP contribution in [0.4, 0.5) is 4.39 Å². The van der Waals surface area contributed by atoms with Crippen LogP contribution in [0.2, 0.25) is 0 Å². The van der Waals surface area contributed by atoms with Crippen LogP contribution in [0.15, 0.2) is 24.3 Å². The molecule has 0 unspecified atom stereocenters. The number of hydrogen-bond acceptors (Lipinski definition) is 2. The predicted molar refractivity (Wildman–Crippen MR) is 66.8 cm³/mol. The van der Waals surface area contributed by atoms with Gasteiger partial charge in [-0.3, -0.25) is 4.79 Å². The van der Waals surface area contributed by atoms with Gasteiger partial charge in [-0.2, -0.15) is 0 Å². The van der Waals surface area contributed by atoms with E-state index in [9.17, 15) is 9.18 Å². The summed E-state index contributed by atoms with van der Waals surface area (Å²) in [6, 6.07) is 6.08. The third-order valence-electron chi connectivity index (χ3n) is 2.85. The molecule has 1 aromatic carbocycles. The summed E-state index contributed by atoms with van der Waals surface area (Å²) in [5.41, 5.74) is 5.93. The molecule has 1 aliphatic rings. The summed E-state index contributed by atoms with van der Waals surface area (Å²) in [5, 5.41) is 0. The first-order valence-electron chi connectivity index (χ1n) is 5.48. The maximum absolute atomic E-state index is 13.4. The molecule has 17 heavy (non-hydrogen) atoms. The summed E-state index contributed by atoms with van der Waals surface area (Å²) in [5.74, 6) is -0.722. The number of carbonyl (C=O) groups is 1. The van der Waals surface area contributed by atoms with E-state index in [1.807, 2.05) is 0 Å². The first-order chi connectivity index (χ1) is 7.68. The van der Waals surface area contributed by atoms with Gasteiger partial charge >= 0.3 is 0 Å². The standard InChI is InChI=1S/C12H15FN2O.ClH/c13-11-6-2-1-5-10(11)12(16)15-7-3-4-9(14)8-15;/h1-2,5-6,9H,3-4,7-8,14H2;1H/t9-;/m1./s1. The van der Waals surface area contributed by atoms with E-state index in [1.54, 1.807) is 17.0 Å². The maximum Gasteiger partial charge on any atom is 0.256 e. The minimum atomic E-state index is -0.466. The molecule has 2 rings (SSSR count). The SMILES string of the molecule is Cl.N[C@@H]1CCCN(C(=O)c2ccccc2F)C1. The molecule has 0 saturated carbocycles. The molecule has 1 saturated heterocycles. The number of rotatable bonds is 1. The van der Waals surface area contributed by atoms with E-state index >= 15 is 0 Å². The Labute approximate surface area is 106 Å². The van der Waals surface area contributed by atoms with Crippen molar-refractivity contribution in [3.05, 3.63) is 35.6 Å². The monoisotopic (exact) mass is 258 g/mol. The quantitative estimate of drug-likeness (QED) is 0.835. The van der Waals surface area contributed by atoms with Gasteiger partial charge < -0.3 is 10.6 Å². The summed E-state index contributed by atoms with van der Waals surface area (Å²) in [7, 11) is 0. The second-order valence-electron chi connectivity index (χ2n) is 4.13. The van der Waals surface area contributed by atoms with Crippen molar-refractivity contribution < 1.29 is 9.18 Å². The number of piperidine rings is 1. The topological polar surface area (TPSA) is 46.3 Å². The summed E-state index contributed by atoms with van der Waals surface area (Å²) >= 11 is 0. The van der Waals surface area contributed by atoms with Crippen molar-refractivity contribution in [3.63, 3.8) is 0 Å². The number of carbonyl (C=O) groups excluding carboxylic acids is 1. The number of nitrogens with two attached hydrogens (primary N) is 1. The lowest BCUT2D eigenvalue weighted by Crippen LogP contribution is -2.45. The Kier molecular flexibility index (Phi) is 4.90. The molecule has 1 aromatic rings. The number of amides is 1. The fraction of sp³-hybridized carbons (Fsp3) is 0.417. The van der Waals surface area contributed by atoms with Crippen molar-refractivity contribution in [3.8, 4) is 0 Å². The van der Waals surface area contributed by atoms with Crippen molar-refractivity contribution in [2.24, 2.45) is 5.73 Å². The minimum Gasteiger partial charge on any atom is -0.337 e. The molecular formula is C12H16ClFN2O. The summed E-state index contributed by atoms with van der Waals surface area (Å²) < 4.78 is 13.4. The highest BCUT2D eigenvalue weighted by atomic mass is 35.5. The highest BCUT2D eigenvalue weighted by Crippen LogP contribution is 2.14. The second kappa shape index (κ2) is 5.98. The third-order valence-corrected chi connectivity index (χ3v) is 2.85. The van der Waals surface area contributed by atoms with Crippen LogP contribution in [0, 0.1) is 5.82 Å². The first kappa shape index (κ1) is 13.9. The molecule has 0 bridgehead atoms. The van der Waals surface area contributed by atoms with Crippen LogP contribution >= 0.6 is 12.4 Å². The molecule has 2 N–H and O–H groups in total. The van der Waals surface area contributed by atoms with E-state index in [4.69, 9.17) is 5.73 Å². The van der Waals surface area contributed by atoms with E-state index in [0.717, 1.165) is 12.8 Å². The number of benzene rings is 1. The van der Waals surface area contributed by atoms with Crippen molar-refractivity contribution in [1.29, 1.82) is 0 Å². The number of halogens is 2. The van der Waals surface area contributed by atoms with Crippen LogP contribution in [0.5, 0.6) is 0 Å². The normalized spacial score (nSPS) is 19.6. The molecule has 0 radical (unpaired) electrons. The molecule has 1 atom stereocenters. The Morgan fingerprint density at radius 3 is 2.76 bits per heavy atom. The van der Waals surface area contributed by atoms with E-state index in [-0.39, 0.29) is 29.9 Å². The van der Waals surface area contributed by atoms with Crippen LogP contribution in [0.1, 0.15) is 23.2 Å². The lowest BCUT2D eigenvalue weighted by Gasteiger charge is -2.30. The Balaban J connectivity index is 0.00000144. The molecule has 3 nitrogen and oxygen atoms in total. The zero-order valence-electron chi connectivity index (χ0n) is 9.43. The molecule has 5 heteroatoms. The second-order valence-corrected chi connectivity index (χ2v) is 4.13. The zero-order chi connectivity index (χ0) is 11.5. The molecule has 1 fully saturated rings. The molecule has 0 aromatic heterocycles. The number of likely N-dealkylation sites (tertiary alicyclic amines) is 1. The van der Waals surface area contributed by atoms with Crippen molar-refractivity contribution >= 4 is 18.3 Å². The van der Waals surface area contributed by atoms with E-state index in [2.05, 4.69) is 0 Å². The Morgan fingerprint density at radius 1 is 1.41 bits per heavy atom. The largest absolute Gasteiger partial charge is 0.337 e. The van der Waals surface area contributed by atoms with Crippen LogP contribution in [0.3, 0.4) is 0 Å².